The Morgan fingerprint density at radius 3 is 2.54 bits per heavy atom. The van der Waals surface area contributed by atoms with Crippen molar-refractivity contribution in [2.45, 2.75) is 26.3 Å². The van der Waals surface area contributed by atoms with Crippen LogP contribution in [0.15, 0.2) is 0 Å². The van der Waals surface area contributed by atoms with Gasteiger partial charge in [-0.15, -0.1) is 0 Å². The largest absolute Gasteiger partial charge is 0.368 e. The van der Waals surface area contributed by atoms with Crippen molar-refractivity contribution in [3.05, 3.63) is 0 Å². The van der Waals surface area contributed by atoms with E-state index < -0.39 is 0 Å². The monoisotopic (exact) mass is 187 g/mol. The fraction of sp³-hybridized carbons (Fsp3) is 0.889. The molecule has 0 aliphatic rings. The van der Waals surface area contributed by atoms with Crippen molar-refractivity contribution < 1.29 is 4.79 Å². The molecule has 0 bridgehead atoms. The van der Waals surface area contributed by atoms with E-state index in [0.717, 1.165) is 19.5 Å². The lowest BCUT2D eigenvalue weighted by molar-refractivity contribution is -0.120. The zero-order valence-corrected chi connectivity index (χ0v) is 8.84. The van der Waals surface area contributed by atoms with Crippen molar-refractivity contribution >= 4 is 5.91 Å². The number of nitrogens with zero attached hydrogens (tertiary/aromatic N) is 1. The Bertz CT molecular complexity index is 150. The summed E-state index contributed by atoms with van der Waals surface area (Å²) >= 11 is 0. The van der Waals surface area contributed by atoms with E-state index >= 15 is 0 Å². The Kier molecular flexibility index (Phi) is 6.54. The van der Waals surface area contributed by atoms with Gasteiger partial charge in [0.25, 0.3) is 0 Å². The van der Waals surface area contributed by atoms with Crippen LogP contribution in [-0.4, -0.2) is 43.5 Å². The molecule has 0 aromatic heterocycles. The summed E-state index contributed by atoms with van der Waals surface area (Å²) in [6.45, 7) is 6.57. The Balaban J connectivity index is 3.87. The van der Waals surface area contributed by atoms with E-state index in [2.05, 4.69) is 24.1 Å². The fourth-order valence-corrected chi connectivity index (χ4v) is 1.01. The van der Waals surface area contributed by atoms with E-state index in [-0.39, 0.29) is 11.9 Å². The summed E-state index contributed by atoms with van der Waals surface area (Å²) in [6.07, 6.45) is 1.01. The molecule has 1 unspecified atom stereocenters. The highest BCUT2D eigenvalue weighted by atomic mass is 16.1. The number of likely N-dealkylation sites (N-methyl/N-ethyl adjacent to an activating group) is 1. The maximum absolute atomic E-state index is 11.0. The first-order valence-corrected chi connectivity index (χ1v) is 4.83. The number of nitrogens with two attached hydrogens (primary N) is 1. The van der Waals surface area contributed by atoms with Crippen molar-refractivity contribution in [2.75, 3.05) is 26.7 Å². The zero-order chi connectivity index (χ0) is 10.3. The van der Waals surface area contributed by atoms with Crippen LogP contribution in [0.4, 0.5) is 0 Å². The number of carbonyl (C=O) groups is 1. The van der Waals surface area contributed by atoms with Gasteiger partial charge in [0, 0.05) is 6.54 Å². The molecule has 0 aromatic rings. The summed E-state index contributed by atoms with van der Waals surface area (Å²) < 4.78 is 0. The van der Waals surface area contributed by atoms with Gasteiger partial charge < -0.3 is 16.0 Å². The third-order valence-corrected chi connectivity index (χ3v) is 2.02. The smallest absolute Gasteiger partial charge is 0.235 e. The first-order valence-electron chi connectivity index (χ1n) is 4.83. The molecule has 0 saturated carbocycles. The summed E-state index contributed by atoms with van der Waals surface area (Å²) in [7, 11) is 1.98. The highest BCUT2D eigenvalue weighted by Crippen LogP contribution is 1.89. The molecular weight excluding hydrogens is 166 g/mol. The highest BCUT2D eigenvalue weighted by Gasteiger charge is 2.15. The minimum Gasteiger partial charge on any atom is -0.368 e. The molecule has 1 atom stereocenters. The standard InChI is InChI=1S/C9H21N3O/c1-4-6-11-8(9(10)13)7-12(3)5-2/h8,11H,4-7H2,1-3H3,(H2,10,13). The molecule has 0 aromatic carbocycles. The number of hydrogen-bond acceptors (Lipinski definition) is 3. The van der Waals surface area contributed by atoms with E-state index in [9.17, 15) is 4.79 Å². The molecule has 4 heteroatoms. The van der Waals surface area contributed by atoms with Gasteiger partial charge in [-0.3, -0.25) is 4.79 Å². The minimum absolute atomic E-state index is 0.218. The summed E-state index contributed by atoms with van der Waals surface area (Å²) in [5.41, 5.74) is 5.25. The molecule has 0 aliphatic carbocycles. The molecule has 1 amide bonds. The van der Waals surface area contributed by atoms with Gasteiger partial charge in [-0.25, -0.2) is 0 Å². The van der Waals surface area contributed by atoms with E-state index in [1.54, 1.807) is 0 Å². The van der Waals surface area contributed by atoms with Crippen molar-refractivity contribution in [1.29, 1.82) is 0 Å². The fourth-order valence-electron chi connectivity index (χ4n) is 1.01. The third-order valence-electron chi connectivity index (χ3n) is 2.02. The van der Waals surface area contributed by atoms with E-state index in [1.165, 1.54) is 0 Å². The first kappa shape index (κ1) is 12.4. The molecule has 3 N–H and O–H groups in total. The highest BCUT2D eigenvalue weighted by molar-refractivity contribution is 5.80. The Labute approximate surface area is 80.5 Å². The average Bonchev–Trinajstić information content (AvgIpc) is 2.11. The second kappa shape index (κ2) is 6.86. The number of rotatable bonds is 7. The van der Waals surface area contributed by atoms with Crippen molar-refractivity contribution in [3.8, 4) is 0 Å². The Hall–Kier alpha value is -0.610. The third kappa shape index (κ3) is 5.60. The summed E-state index contributed by atoms with van der Waals surface area (Å²) in [5.74, 6) is -0.270. The lowest BCUT2D eigenvalue weighted by Gasteiger charge is -2.21. The SMILES string of the molecule is CCCNC(CN(C)CC)C(N)=O. The van der Waals surface area contributed by atoms with Crippen LogP contribution in [0.2, 0.25) is 0 Å². The van der Waals surface area contributed by atoms with Gasteiger partial charge in [-0.1, -0.05) is 13.8 Å². The molecule has 13 heavy (non-hydrogen) atoms. The van der Waals surface area contributed by atoms with Gasteiger partial charge in [-0.05, 0) is 26.6 Å². The van der Waals surface area contributed by atoms with Crippen LogP contribution < -0.4 is 11.1 Å². The van der Waals surface area contributed by atoms with Gasteiger partial charge in [-0.2, -0.15) is 0 Å². The molecule has 0 radical (unpaired) electrons. The lowest BCUT2D eigenvalue weighted by Crippen LogP contribution is -2.48. The predicted octanol–water partition coefficient (Wildman–Crippen LogP) is -0.208. The summed E-state index contributed by atoms with van der Waals surface area (Å²) in [6, 6.07) is -0.218. The van der Waals surface area contributed by atoms with Crippen molar-refractivity contribution in [3.63, 3.8) is 0 Å². The topological polar surface area (TPSA) is 58.4 Å². The number of amides is 1. The Morgan fingerprint density at radius 2 is 2.15 bits per heavy atom. The van der Waals surface area contributed by atoms with Crippen LogP contribution in [0.25, 0.3) is 0 Å². The molecule has 0 saturated heterocycles. The van der Waals surface area contributed by atoms with Gasteiger partial charge in [0.05, 0.1) is 6.04 Å². The molecule has 0 rings (SSSR count). The number of primary amides is 1. The van der Waals surface area contributed by atoms with Crippen LogP contribution >= 0.6 is 0 Å². The number of nitrogens with one attached hydrogen (secondary N) is 1. The van der Waals surface area contributed by atoms with Crippen molar-refractivity contribution in [1.82, 2.24) is 10.2 Å². The lowest BCUT2D eigenvalue weighted by atomic mass is 10.2. The van der Waals surface area contributed by atoms with Crippen LogP contribution in [0.5, 0.6) is 0 Å². The molecule has 0 aliphatic heterocycles. The average molecular weight is 187 g/mol. The van der Waals surface area contributed by atoms with E-state index in [0.29, 0.717) is 6.54 Å². The van der Waals surface area contributed by atoms with E-state index in [1.807, 2.05) is 7.05 Å². The second-order valence-corrected chi connectivity index (χ2v) is 3.26. The van der Waals surface area contributed by atoms with E-state index in [4.69, 9.17) is 5.73 Å². The van der Waals surface area contributed by atoms with Crippen molar-refractivity contribution in [2.24, 2.45) is 5.73 Å². The molecule has 0 spiro atoms. The normalized spacial score (nSPS) is 13.2. The quantitative estimate of drug-likeness (QED) is 0.580. The molecule has 4 nitrogen and oxygen atoms in total. The van der Waals surface area contributed by atoms with Gasteiger partial charge in [0.15, 0.2) is 0 Å². The second-order valence-electron chi connectivity index (χ2n) is 3.26. The zero-order valence-electron chi connectivity index (χ0n) is 8.84. The van der Waals surface area contributed by atoms with Crippen LogP contribution in [0.3, 0.4) is 0 Å². The number of hydrogen-bond donors (Lipinski definition) is 2. The molecule has 0 fully saturated rings. The maximum Gasteiger partial charge on any atom is 0.235 e. The maximum atomic E-state index is 11.0. The van der Waals surface area contributed by atoms with Crippen LogP contribution in [0, 0.1) is 0 Å². The first-order chi connectivity index (χ1) is 6.11. The summed E-state index contributed by atoms with van der Waals surface area (Å²) in [4.78, 5) is 13.1. The van der Waals surface area contributed by atoms with Crippen LogP contribution in [0.1, 0.15) is 20.3 Å². The molecule has 0 heterocycles. The predicted molar refractivity (Wildman–Crippen MR) is 54.4 cm³/mol. The van der Waals surface area contributed by atoms with Crippen LogP contribution in [-0.2, 0) is 4.79 Å². The molecular formula is C9H21N3O. The van der Waals surface area contributed by atoms with Gasteiger partial charge in [0.1, 0.15) is 0 Å². The Morgan fingerprint density at radius 1 is 1.54 bits per heavy atom. The van der Waals surface area contributed by atoms with Gasteiger partial charge in [0.2, 0.25) is 5.91 Å². The minimum atomic E-state index is -0.270. The van der Waals surface area contributed by atoms with Gasteiger partial charge >= 0.3 is 0 Å². The summed E-state index contributed by atoms with van der Waals surface area (Å²) in [5, 5.41) is 3.12. The molecule has 78 valence electrons. The number of carbonyl (C=O) groups excluding carboxylic acids is 1.